The molecule has 1 heterocycles. The molecule has 0 unspecified atom stereocenters. The predicted octanol–water partition coefficient (Wildman–Crippen LogP) is 4.47. The minimum absolute atomic E-state index is 0.0995. The van der Waals surface area contributed by atoms with Crippen LogP contribution < -0.4 is 10.1 Å². The van der Waals surface area contributed by atoms with Crippen LogP contribution in [0.3, 0.4) is 0 Å². The molecule has 2 aromatic carbocycles. The molecule has 0 aliphatic heterocycles. The molecule has 0 saturated carbocycles. The van der Waals surface area contributed by atoms with Gasteiger partial charge in [-0.05, 0) is 48.9 Å². The minimum atomic E-state index is -4.42. The van der Waals surface area contributed by atoms with Gasteiger partial charge >= 0.3 is 6.18 Å². The van der Waals surface area contributed by atoms with Crippen LogP contribution in [0, 0.1) is 6.92 Å². The third kappa shape index (κ3) is 4.70. The van der Waals surface area contributed by atoms with Crippen LogP contribution in [0.4, 0.5) is 13.2 Å². The second-order valence-corrected chi connectivity index (χ2v) is 6.25. The number of hydrogen-bond donors (Lipinski definition) is 1. The molecule has 8 heteroatoms. The molecule has 0 spiro atoms. The Bertz CT molecular complexity index is 979. The fourth-order valence-electron chi connectivity index (χ4n) is 2.64. The molecule has 1 N–H and O–H groups in total. The number of carbonyl (C=O) groups is 1. The number of benzene rings is 2. The molecule has 1 amide bonds. The summed E-state index contributed by atoms with van der Waals surface area (Å²) in [5.74, 6) is 0.256. The number of alkyl halides is 3. The molecular formula is C20H18F3N3O2. The molecule has 0 fully saturated rings. The van der Waals surface area contributed by atoms with Crippen molar-refractivity contribution in [2.75, 3.05) is 0 Å². The Balaban J connectivity index is 1.61. The third-order valence-electron chi connectivity index (χ3n) is 4.01. The van der Waals surface area contributed by atoms with Crippen molar-refractivity contribution in [3.8, 4) is 11.5 Å². The average Bonchev–Trinajstić information content (AvgIpc) is 2.99. The monoisotopic (exact) mass is 389 g/mol. The summed E-state index contributed by atoms with van der Waals surface area (Å²) < 4.78 is 45.3. The highest BCUT2D eigenvalue weighted by molar-refractivity contribution is 5.92. The molecular weight excluding hydrogens is 371 g/mol. The smallest absolute Gasteiger partial charge is 0.416 e. The van der Waals surface area contributed by atoms with E-state index in [9.17, 15) is 18.0 Å². The minimum Gasteiger partial charge on any atom is -0.457 e. The Morgan fingerprint density at radius 3 is 2.43 bits per heavy atom. The third-order valence-corrected chi connectivity index (χ3v) is 4.01. The number of amides is 1. The second kappa shape index (κ2) is 7.75. The van der Waals surface area contributed by atoms with Gasteiger partial charge in [0.05, 0.1) is 11.3 Å². The molecule has 0 aliphatic rings. The Hall–Kier alpha value is -3.29. The molecule has 3 aromatic rings. The van der Waals surface area contributed by atoms with Crippen LogP contribution in [-0.4, -0.2) is 15.7 Å². The molecule has 0 saturated heterocycles. The van der Waals surface area contributed by atoms with Crippen LogP contribution in [0.1, 0.15) is 27.3 Å². The summed E-state index contributed by atoms with van der Waals surface area (Å²) in [6.45, 7) is 2.10. The average molecular weight is 389 g/mol. The fraction of sp³-hybridized carbons (Fsp3) is 0.200. The first-order chi connectivity index (χ1) is 13.2. The van der Waals surface area contributed by atoms with Gasteiger partial charge in [-0.25, -0.2) is 0 Å². The maximum atomic E-state index is 12.8. The first-order valence-corrected chi connectivity index (χ1v) is 8.45. The van der Waals surface area contributed by atoms with Crippen molar-refractivity contribution in [2.24, 2.45) is 7.05 Å². The summed E-state index contributed by atoms with van der Waals surface area (Å²) >= 11 is 0. The molecule has 146 valence electrons. The van der Waals surface area contributed by atoms with Crippen molar-refractivity contribution in [3.63, 3.8) is 0 Å². The molecule has 0 bridgehead atoms. The largest absolute Gasteiger partial charge is 0.457 e. The van der Waals surface area contributed by atoms with Crippen molar-refractivity contribution < 1.29 is 22.7 Å². The highest BCUT2D eigenvalue weighted by atomic mass is 19.4. The van der Waals surface area contributed by atoms with E-state index >= 15 is 0 Å². The number of ether oxygens (including phenoxy) is 1. The molecule has 0 aliphatic carbocycles. The van der Waals surface area contributed by atoms with Crippen LogP contribution in [0.5, 0.6) is 11.5 Å². The zero-order chi connectivity index (χ0) is 20.3. The Labute approximate surface area is 159 Å². The Kier molecular flexibility index (Phi) is 5.39. The number of halogens is 3. The number of nitrogens with one attached hydrogen (secondary N) is 1. The summed E-state index contributed by atoms with van der Waals surface area (Å²) in [5.41, 5.74) is 1.27. The van der Waals surface area contributed by atoms with Gasteiger partial charge < -0.3 is 10.1 Å². The van der Waals surface area contributed by atoms with E-state index in [4.69, 9.17) is 4.74 Å². The summed E-state index contributed by atoms with van der Waals surface area (Å²) in [4.78, 5) is 12.2. The van der Waals surface area contributed by atoms with E-state index in [1.807, 2.05) is 0 Å². The van der Waals surface area contributed by atoms with Crippen molar-refractivity contribution in [3.05, 3.63) is 77.1 Å². The van der Waals surface area contributed by atoms with Gasteiger partial charge in [0.1, 0.15) is 17.2 Å². The topological polar surface area (TPSA) is 56.1 Å². The number of rotatable bonds is 5. The fourth-order valence-corrected chi connectivity index (χ4v) is 2.64. The maximum absolute atomic E-state index is 12.8. The van der Waals surface area contributed by atoms with E-state index < -0.39 is 11.7 Å². The summed E-state index contributed by atoms with van der Waals surface area (Å²) in [6.07, 6.45) is -4.42. The van der Waals surface area contributed by atoms with Gasteiger partial charge in [-0.3, -0.25) is 9.48 Å². The highest BCUT2D eigenvalue weighted by Crippen LogP contribution is 2.32. The highest BCUT2D eigenvalue weighted by Gasteiger charge is 2.30. The lowest BCUT2D eigenvalue weighted by Crippen LogP contribution is -2.25. The van der Waals surface area contributed by atoms with Gasteiger partial charge in [-0.15, -0.1) is 0 Å². The standard InChI is InChI=1S/C20H18F3N3O2/c1-13-10-18(26(2)25-13)19(27)24-12-14-6-8-16(9-7-14)28-17-5-3-4-15(11-17)20(21,22)23/h3-11H,12H2,1-2H3,(H,24,27). The van der Waals surface area contributed by atoms with Crippen molar-refractivity contribution in [2.45, 2.75) is 19.6 Å². The van der Waals surface area contributed by atoms with E-state index in [1.165, 1.54) is 16.8 Å². The van der Waals surface area contributed by atoms with E-state index in [1.54, 1.807) is 44.3 Å². The maximum Gasteiger partial charge on any atom is 0.416 e. The van der Waals surface area contributed by atoms with Crippen LogP contribution in [0.25, 0.3) is 0 Å². The second-order valence-electron chi connectivity index (χ2n) is 6.25. The van der Waals surface area contributed by atoms with Gasteiger partial charge in [0.25, 0.3) is 5.91 Å². The lowest BCUT2D eigenvalue weighted by Gasteiger charge is -2.10. The van der Waals surface area contributed by atoms with Crippen LogP contribution in [-0.2, 0) is 19.8 Å². The van der Waals surface area contributed by atoms with E-state index in [0.29, 0.717) is 18.0 Å². The summed E-state index contributed by atoms with van der Waals surface area (Å²) in [6, 6.07) is 13.1. The number of hydrogen-bond acceptors (Lipinski definition) is 3. The van der Waals surface area contributed by atoms with Crippen molar-refractivity contribution >= 4 is 5.91 Å². The number of carbonyl (C=O) groups excluding carboxylic acids is 1. The summed E-state index contributed by atoms with van der Waals surface area (Å²) in [5, 5.41) is 6.93. The number of aryl methyl sites for hydroxylation is 2. The van der Waals surface area contributed by atoms with Gasteiger partial charge in [-0.1, -0.05) is 18.2 Å². The number of nitrogens with zero attached hydrogens (tertiary/aromatic N) is 2. The van der Waals surface area contributed by atoms with Crippen LogP contribution in [0.2, 0.25) is 0 Å². The van der Waals surface area contributed by atoms with Crippen LogP contribution >= 0.6 is 0 Å². The first-order valence-electron chi connectivity index (χ1n) is 8.45. The zero-order valence-electron chi connectivity index (χ0n) is 15.2. The van der Waals surface area contributed by atoms with Crippen LogP contribution in [0.15, 0.2) is 54.6 Å². The van der Waals surface area contributed by atoms with Gasteiger partial charge in [0.15, 0.2) is 0 Å². The quantitative estimate of drug-likeness (QED) is 0.701. The van der Waals surface area contributed by atoms with Gasteiger partial charge in [0.2, 0.25) is 0 Å². The Morgan fingerprint density at radius 1 is 1.11 bits per heavy atom. The lowest BCUT2D eigenvalue weighted by atomic mass is 10.2. The lowest BCUT2D eigenvalue weighted by molar-refractivity contribution is -0.137. The van der Waals surface area contributed by atoms with E-state index in [0.717, 1.165) is 23.4 Å². The molecule has 5 nitrogen and oxygen atoms in total. The molecule has 0 radical (unpaired) electrons. The SMILES string of the molecule is Cc1cc(C(=O)NCc2ccc(Oc3cccc(C(F)(F)F)c3)cc2)n(C)n1. The molecule has 0 atom stereocenters. The molecule has 3 rings (SSSR count). The summed E-state index contributed by atoms with van der Waals surface area (Å²) in [7, 11) is 1.70. The predicted molar refractivity (Wildman–Crippen MR) is 97.1 cm³/mol. The van der Waals surface area contributed by atoms with Crippen molar-refractivity contribution in [1.29, 1.82) is 0 Å². The first kappa shape index (κ1) is 19.5. The van der Waals surface area contributed by atoms with Gasteiger partial charge in [0, 0.05) is 13.6 Å². The van der Waals surface area contributed by atoms with E-state index in [2.05, 4.69) is 10.4 Å². The molecule has 1 aromatic heterocycles. The number of aromatic nitrogens is 2. The van der Waals surface area contributed by atoms with Gasteiger partial charge in [-0.2, -0.15) is 18.3 Å². The molecule has 28 heavy (non-hydrogen) atoms. The Morgan fingerprint density at radius 2 is 1.82 bits per heavy atom. The normalized spacial score (nSPS) is 11.3. The zero-order valence-corrected chi connectivity index (χ0v) is 15.2. The van der Waals surface area contributed by atoms with E-state index in [-0.39, 0.29) is 11.7 Å². The van der Waals surface area contributed by atoms with Crippen molar-refractivity contribution in [1.82, 2.24) is 15.1 Å².